The lowest BCUT2D eigenvalue weighted by Crippen LogP contribution is -2.40. The van der Waals surface area contributed by atoms with E-state index in [9.17, 15) is 19.7 Å². The first kappa shape index (κ1) is 36.4. The summed E-state index contributed by atoms with van der Waals surface area (Å²) in [7, 11) is 1.55. The van der Waals surface area contributed by atoms with Gasteiger partial charge in [0.15, 0.2) is 16.3 Å². The third-order valence-electron chi connectivity index (χ3n) is 8.52. The lowest BCUT2D eigenvalue weighted by atomic mass is 9.95. The van der Waals surface area contributed by atoms with E-state index in [2.05, 4.69) is 4.57 Å². The molecule has 1 atom stereocenters. The summed E-state index contributed by atoms with van der Waals surface area (Å²) in [5.74, 6) is 0.502. The number of methoxy groups -OCH3 is 1. The molecule has 5 aromatic rings. The molecule has 0 fully saturated rings. The van der Waals surface area contributed by atoms with Gasteiger partial charge in [0, 0.05) is 39.0 Å². The minimum atomic E-state index is -0.797. The monoisotopic (exact) mass is 738 g/mol. The highest BCUT2D eigenvalue weighted by atomic mass is 32.2. The Morgan fingerprint density at radius 3 is 2.31 bits per heavy atom. The number of nitro groups is 1. The molecule has 11 nitrogen and oxygen atoms in total. The van der Waals surface area contributed by atoms with Crippen molar-refractivity contribution in [1.82, 2.24) is 9.13 Å². The van der Waals surface area contributed by atoms with Crippen LogP contribution in [0.5, 0.6) is 11.5 Å². The van der Waals surface area contributed by atoms with Crippen molar-refractivity contribution in [2.45, 2.75) is 63.5 Å². The van der Waals surface area contributed by atoms with Crippen LogP contribution in [0.3, 0.4) is 0 Å². The normalized spacial score (nSPS) is 14.3. The molecule has 3 aromatic carbocycles. The van der Waals surface area contributed by atoms with Crippen molar-refractivity contribution in [3.05, 3.63) is 136 Å². The van der Waals surface area contributed by atoms with E-state index in [1.165, 1.54) is 35.2 Å². The third-order valence-corrected chi connectivity index (χ3v) is 10.5. The number of thiazole rings is 1. The van der Waals surface area contributed by atoms with Gasteiger partial charge in [-0.3, -0.25) is 19.5 Å². The van der Waals surface area contributed by atoms with Gasteiger partial charge in [-0.1, -0.05) is 29.2 Å². The number of carbonyl (C=O) groups is 1. The van der Waals surface area contributed by atoms with E-state index in [1.807, 2.05) is 70.2 Å². The average molecular weight is 739 g/mol. The van der Waals surface area contributed by atoms with Crippen LogP contribution in [0, 0.1) is 24.0 Å². The predicted molar refractivity (Wildman–Crippen MR) is 202 cm³/mol. The van der Waals surface area contributed by atoms with Crippen LogP contribution in [0.25, 0.3) is 11.8 Å². The van der Waals surface area contributed by atoms with E-state index in [0.29, 0.717) is 32.1 Å². The summed E-state index contributed by atoms with van der Waals surface area (Å²) >= 11 is 2.79. The molecule has 0 bridgehead atoms. The molecule has 0 saturated heterocycles. The van der Waals surface area contributed by atoms with E-state index >= 15 is 0 Å². The fourth-order valence-electron chi connectivity index (χ4n) is 6.22. The summed E-state index contributed by atoms with van der Waals surface area (Å²) in [6.07, 6.45) is 1.80. The number of hydrogen-bond donors (Lipinski definition) is 0. The molecule has 0 aliphatic carbocycles. The minimum absolute atomic E-state index is 0.0571. The Hall–Kier alpha value is -5.40. The van der Waals surface area contributed by atoms with E-state index in [0.717, 1.165) is 32.4 Å². The van der Waals surface area contributed by atoms with Crippen LogP contribution in [0.1, 0.15) is 56.3 Å². The second-order valence-corrected chi connectivity index (χ2v) is 14.5. The topological polar surface area (TPSA) is 127 Å². The van der Waals surface area contributed by atoms with Gasteiger partial charge in [0.05, 0.1) is 46.6 Å². The van der Waals surface area contributed by atoms with Crippen molar-refractivity contribution in [2.24, 2.45) is 4.99 Å². The second kappa shape index (κ2) is 15.1. The van der Waals surface area contributed by atoms with Crippen LogP contribution in [0.15, 0.2) is 104 Å². The number of hydrogen-bond acceptors (Lipinski definition) is 10. The zero-order valence-electron chi connectivity index (χ0n) is 29.8. The molecule has 52 heavy (non-hydrogen) atoms. The fourth-order valence-corrected chi connectivity index (χ4v) is 8.07. The van der Waals surface area contributed by atoms with Crippen LogP contribution in [0.2, 0.25) is 0 Å². The van der Waals surface area contributed by atoms with E-state index in [4.69, 9.17) is 19.2 Å². The maximum absolute atomic E-state index is 14.3. The Morgan fingerprint density at radius 2 is 1.69 bits per heavy atom. The summed E-state index contributed by atoms with van der Waals surface area (Å²) in [4.78, 5) is 45.4. The molecule has 2 aromatic heterocycles. The van der Waals surface area contributed by atoms with Gasteiger partial charge >= 0.3 is 5.97 Å². The van der Waals surface area contributed by atoms with Gasteiger partial charge < -0.3 is 18.8 Å². The zero-order valence-corrected chi connectivity index (χ0v) is 31.5. The highest BCUT2D eigenvalue weighted by Crippen LogP contribution is 2.37. The number of allylic oxidation sites excluding steroid dienone is 1. The van der Waals surface area contributed by atoms with Crippen molar-refractivity contribution in [3.8, 4) is 17.2 Å². The predicted octanol–water partition coefficient (Wildman–Crippen LogP) is 7.06. The Balaban J connectivity index is 1.38. The summed E-state index contributed by atoms with van der Waals surface area (Å²) in [6, 6.07) is 21.2. The second-order valence-electron chi connectivity index (χ2n) is 12.4. The number of nitrogens with zero attached hydrogens (tertiary/aromatic N) is 4. The smallest absolute Gasteiger partial charge is 0.338 e. The Labute approximate surface area is 308 Å². The molecule has 0 N–H and O–H groups in total. The van der Waals surface area contributed by atoms with Crippen molar-refractivity contribution < 1.29 is 23.9 Å². The van der Waals surface area contributed by atoms with Gasteiger partial charge in [0.25, 0.3) is 11.2 Å². The molecular formula is C39H38N4O7S2. The molecule has 6 rings (SSSR count). The quantitative estimate of drug-likeness (QED) is 0.0801. The first-order valence-electron chi connectivity index (χ1n) is 16.7. The van der Waals surface area contributed by atoms with Crippen molar-refractivity contribution in [2.75, 3.05) is 13.7 Å². The molecule has 13 heteroatoms. The Kier molecular flexibility index (Phi) is 10.5. The van der Waals surface area contributed by atoms with Gasteiger partial charge in [0.2, 0.25) is 0 Å². The van der Waals surface area contributed by atoms with E-state index in [1.54, 1.807) is 49.8 Å². The number of fused-ring (bicyclic) bond motifs is 1. The molecule has 0 amide bonds. The number of esters is 1. The maximum Gasteiger partial charge on any atom is 0.338 e. The lowest BCUT2D eigenvalue weighted by Gasteiger charge is -2.25. The summed E-state index contributed by atoms with van der Waals surface area (Å²) in [6.45, 7) is 11.5. The molecule has 0 unspecified atom stereocenters. The molecule has 0 radical (unpaired) electrons. The molecule has 1 aliphatic heterocycles. The first-order chi connectivity index (χ1) is 24.9. The molecule has 0 saturated carbocycles. The van der Waals surface area contributed by atoms with Crippen LogP contribution in [-0.2, 0) is 9.53 Å². The number of benzene rings is 3. The number of nitro benzene ring substituents is 1. The number of aryl methyl sites for hydroxylation is 1. The fraction of sp³-hybridized carbons (Fsp3) is 0.256. The standard InChI is InChI=1S/C39H38N4O7S2/c1-8-49-38(45)35-24(5)40-39-42(36(35)26-9-18-32(50-22(2)3)33(20-26)48-7)37(44)34(52-39)21-27-19-23(4)41(25(27)6)28-10-14-30(15-11-28)51-31-16-12-29(13-17-31)43(46)47/h9-22,36H,8H2,1-7H3/b34-21-/t36-/m0/s1. The summed E-state index contributed by atoms with van der Waals surface area (Å²) < 4.78 is 21.2. The van der Waals surface area contributed by atoms with E-state index in [-0.39, 0.29) is 29.5 Å². The Morgan fingerprint density at radius 1 is 1.02 bits per heavy atom. The van der Waals surface area contributed by atoms with Crippen LogP contribution in [-0.4, -0.2) is 39.8 Å². The number of ether oxygens (including phenoxy) is 3. The SMILES string of the molecule is CCOC(=O)C1=C(C)N=c2s/c(=C\c3cc(C)n(-c4ccc(Sc5ccc([N+](=O)[O-])cc5)cc4)c3C)c(=O)n2[C@H]1c1ccc(OC(C)C)c(OC)c1. The summed E-state index contributed by atoms with van der Waals surface area (Å²) in [5.41, 5.74) is 4.97. The zero-order chi connectivity index (χ0) is 37.3. The molecule has 1 aliphatic rings. The minimum Gasteiger partial charge on any atom is -0.493 e. The Bertz CT molecular complexity index is 2390. The average Bonchev–Trinajstić information content (AvgIpc) is 3.57. The molecule has 3 heterocycles. The lowest BCUT2D eigenvalue weighted by molar-refractivity contribution is -0.384. The number of aromatic nitrogens is 2. The largest absolute Gasteiger partial charge is 0.493 e. The third kappa shape index (κ3) is 7.19. The molecular weight excluding hydrogens is 701 g/mol. The number of carbonyl (C=O) groups excluding carboxylic acids is 1. The van der Waals surface area contributed by atoms with Crippen molar-refractivity contribution >= 4 is 40.8 Å². The van der Waals surface area contributed by atoms with Crippen LogP contribution in [0.4, 0.5) is 5.69 Å². The molecule has 0 spiro atoms. The van der Waals surface area contributed by atoms with E-state index < -0.39 is 16.9 Å². The van der Waals surface area contributed by atoms with Crippen LogP contribution >= 0.6 is 23.1 Å². The van der Waals surface area contributed by atoms with Crippen molar-refractivity contribution in [1.29, 1.82) is 0 Å². The highest BCUT2D eigenvalue weighted by molar-refractivity contribution is 7.99. The highest BCUT2D eigenvalue weighted by Gasteiger charge is 2.34. The number of rotatable bonds is 11. The van der Waals surface area contributed by atoms with Crippen LogP contribution < -0.4 is 24.4 Å². The summed E-state index contributed by atoms with van der Waals surface area (Å²) in [5, 5.41) is 11.0. The van der Waals surface area contributed by atoms with Gasteiger partial charge in [-0.2, -0.15) is 0 Å². The van der Waals surface area contributed by atoms with Gasteiger partial charge in [0.1, 0.15) is 0 Å². The molecule has 268 valence electrons. The maximum atomic E-state index is 14.3. The first-order valence-corrected chi connectivity index (χ1v) is 18.3. The number of non-ortho nitro benzene ring substituents is 1. The van der Waals surface area contributed by atoms with Gasteiger partial charge in [-0.25, -0.2) is 9.79 Å². The van der Waals surface area contributed by atoms with Gasteiger partial charge in [-0.15, -0.1) is 0 Å². The van der Waals surface area contributed by atoms with Gasteiger partial charge in [-0.05, 0) is 113 Å². The van der Waals surface area contributed by atoms with Crippen molar-refractivity contribution in [3.63, 3.8) is 0 Å².